The van der Waals surface area contributed by atoms with Gasteiger partial charge < -0.3 is 11.1 Å². The summed E-state index contributed by atoms with van der Waals surface area (Å²) in [7, 11) is 0. The van der Waals surface area contributed by atoms with Gasteiger partial charge in [-0.25, -0.2) is 0 Å². The van der Waals surface area contributed by atoms with Gasteiger partial charge in [0.15, 0.2) is 0 Å². The molecule has 0 spiro atoms. The first-order valence-corrected chi connectivity index (χ1v) is 6.67. The Morgan fingerprint density at radius 3 is 2.75 bits per heavy atom. The summed E-state index contributed by atoms with van der Waals surface area (Å²) in [4.78, 5) is 16.0. The molecule has 0 saturated carbocycles. The predicted octanol–water partition coefficient (Wildman–Crippen LogP) is 2.29. The number of pyridine rings is 1. The molecule has 104 valence electrons. The molecule has 0 fully saturated rings. The first-order valence-electron chi connectivity index (χ1n) is 6.67. The van der Waals surface area contributed by atoms with Gasteiger partial charge in [-0.05, 0) is 37.0 Å². The Balaban J connectivity index is 1.86. The van der Waals surface area contributed by atoms with Crippen molar-refractivity contribution >= 4 is 11.6 Å². The normalized spacial score (nSPS) is 11.9. The van der Waals surface area contributed by atoms with Crippen LogP contribution in [0.4, 0.5) is 5.69 Å². The summed E-state index contributed by atoms with van der Waals surface area (Å²) in [6.07, 6.45) is 4.77. The monoisotopic (exact) mass is 269 g/mol. The van der Waals surface area contributed by atoms with Crippen LogP contribution in [-0.4, -0.2) is 16.9 Å². The molecule has 4 heteroatoms. The Morgan fingerprint density at radius 1 is 1.30 bits per heavy atom. The smallest absolute Gasteiger partial charge is 0.241 e. The van der Waals surface area contributed by atoms with Crippen LogP contribution in [0.1, 0.15) is 17.5 Å². The maximum atomic E-state index is 12.0. The predicted molar refractivity (Wildman–Crippen MR) is 80.3 cm³/mol. The number of benzene rings is 1. The van der Waals surface area contributed by atoms with Crippen LogP contribution in [0.25, 0.3) is 0 Å². The second kappa shape index (κ2) is 6.82. The fourth-order valence-corrected chi connectivity index (χ4v) is 1.96. The highest BCUT2D eigenvalue weighted by Crippen LogP contribution is 2.09. The van der Waals surface area contributed by atoms with E-state index in [1.54, 1.807) is 12.4 Å². The van der Waals surface area contributed by atoms with Crippen molar-refractivity contribution < 1.29 is 4.79 Å². The minimum absolute atomic E-state index is 0.173. The molecule has 0 aliphatic heterocycles. The van der Waals surface area contributed by atoms with Crippen LogP contribution in [0, 0.1) is 6.92 Å². The number of aryl methyl sites for hydroxylation is 2. The molecular weight excluding hydrogens is 250 g/mol. The third kappa shape index (κ3) is 4.17. The van der Waals surface area contributed by atoms with E-state index in [2.05, 4.69) is 10.3 Å². The van der Waals surface area contributed by atoms with Crippen molar-refractivity contribution in [3.8, 4) is 0 Å². The van der Waals surface area contributed by atoms with E-state index in [0.29, 0.717) is 12.1 Å². The lowest BCUT2D eigenvalue weighted by molar-refractivity contribution is -0.117. The molecule has 20 heavy (non-hydrogen) atoms. The van der Waals surface area contributed by atoms with Gasteiger partial charge in [0.2, 0.25) is 5.91 Å². The summed E-state index contributed by atoms with van der Waals surface area (Å²) in [6, 6.07) is 11.4. The molecule has 1 heterocycles. The third-order valence-corrected chi connectivity index (χ3v) is 3.07. The zero-order valence-corrected chi connectivity index (χ0v) is 11.5. The molecule has 0 bridgehead atoms. The van der Waals surface area contributed by atoms with Crippen molar-refractivity contribution in [2.45, 2.75) is 25.8 Å². The summed E-state index contributed by atoms with van der Waals surface area (Å²) in [5.74, 6) is -0.173. The zero-order chi connectivity index (χ0) is 14.4. The van der Waals surface area contributed by atoms with Gasteiger partial charge in [-0.1, -0.05) is 30.3 Å². The number of carbonyl (C=O) groups excluding carboxylic acids is 1. The number of aromatic nitrogens is 1. The van der Waals surface area contributed by atoms with Crippen molar-refractivity contribution in [2.75, 3.05) is 5.32 Å². The van der Waals surface area contributed by atoms with Gasteiger partial charge >= 0.3 is 0 Å². The fraction of sp³-hybridized carbons (Fsp3) is 0.250. The van der Waals surface area contributed by atoms with E-state index in [9.17, 15) is 4.79 Å². The summed E-state index contributed by atoms with van der Waals surface area (Å²) in [5.41, 5.74) is 8.79. The van der Waals surface area contributed by atoms with Crippen LogP contribution < -0.4 is 11.1 Å². The molecule has 1 unspecified atom stereocenters. The van der Waals surface area contributed by atoms with Crippen LogP contribution in [0.5, 0.6) is 0 Å². The van der Waals surface area contributed by atoms with Gasteiger partial charge in [0, 0.05) is 6.20 Å². The average Bonchev–Trinajstić information content (AvgIpc) is 2.46. The van der Waals surface area contributed by atoms with E-state index in [4.69, 9.17) is 5.73 Å². The molecular formula is C16H19N3O. The maximum absolute atomic E-state index is 12.0. The second-order valence-corrected chi connectivity index (χ2v) is 4.87. The second-order valence-electron chi connectivity index (χ2n) is 4.87. The molecule has 1 amide bonds. The van der Waals surface area contributed by atoms with E-state index in [1.165, 1.54) is 5.56 Å². The number of nitrogens with two attached hydrogens (primary N) is 1. The molecule has 0 saturated heterocycles. The lowest BCUT2D eigenvalue weighted by atomic mass is 10.1. The Labute approximate surface area is 119 Å². The van der Waals surface area contributed by atoms with E-state index in [1.807, 2.05) is 43.3 Å². The summed E-state index contributed by atoms with van der Waals surface area (Å²) < 4.78 is 0. The molecule has 1 atom stereocenters. The number of hydrogen-bond donors (Lipinski definition) is 2. The number of nitrogens with one attached hydrogen (secondary N) is 1. The number of nitrogens with zero attached hydrogens (tertiary/aromatic N) is 1. The van der Waals surface area contributed by atoms with E-state index < -0.39 is 6.04 Å². The van der Waals surface area contributed by atoms with Crippen molar-refractivity contribution in [1.82, 2.24) is 4.98 Å². The first-order chi connectivity index (χ1) is 9.65. The lowest BCUT2D eigenvalue weighted by Gasteiger charge is -2.12. The molecule has 2 rings (SSSR count). The Bertz CT molecular complexity index is 569. The molecule has 0 aliphatic carbocycles. The summed E-state index contributed by atoms with van der Waals surface area (Å²) >= 11 is 0. The van der Waals surface area contributed by atoms with Crippen LogP contribution in [0.15, 0.2) is 48.8 Å². The van der Waals surface area contributed by atoms with Crippen LogP contribution in [0.2, 0.25) is 0 Å². The highest BCUT2D eigenvalue weighted by atomic mass is 16.2. The largest absolute Gasteiger partial charge is 0.323 e. The van der Waals surface area contributed by atoms with E-state index in [0.717, 1.165) is 12.0 Å². The molecule has 0 aliphatic rings. The highest BCUT2D eigenvalue weighted by molar-refractivity contribution is 5.94. The van der Waals surface area contributed by atoms with E-state index in [-0.39, 0.29) is 5.91 Å². The molecule has 2 aromatic rings. The SMILES string of the molecule is Cc1cncc(NC(=O)C(N)CCc2ccccc2)c1. The minimum atomic E-state index is -0.518. The van der Waals surface area contributed by atoms with Crippen molar-refractivity contribution in [2.24, 2.45) is 5.73 Å². The Kier molecular flexibility index (Phi) is 4.85. The van der Waals surface area contributed by atoms with Gasteiger partial charge in [-0.3, -0.25) is 9.78 Å². The van der Waals surface area contributed by atoms with Crippen LogP contribution in [-0.2, 0) is 11.2 Å². The molecule has 4 nitrogen and oxygen atoms in total. The molecule has 1 aromatic heterocycles. The molecule has 0 radical (unpaired) electrons. The Hall–Kier alpha value is -2.20. The van der Waals surface area contributed by atoms with Gasteiger partial charge in [-0.15, -0.1) is 0 Å². The van der Waals surface area contributed by atoms with Gasteiger partial charge in [-0.2, -0.15) is 0 Å². The van der Waals surface area contributed by atoms with Crippen molar-refractivity contribution in [1.29, 1.82) is 0 Å². The van der Waals surface area contributed by atoms with Gasteiger partial charge in [0.25, 0.3) is 0 Å². The summed E-state index contributed by atoms with van der Waals surface area (Å²) in [5, 5.41) is 2.79. The topological polar surface area (TPSA) is 68.0 Å². The molecule has 3 N–H and O–H groups in total. The van der Waals surface area contributed by atoms with E-state index >= 15 is 0 Å². The highest BCUT2D eigenvalue weighted by Gasteiger charge is 2.13. The van der Waals surface area contributed by atoms with Crippen LogP contribution >= 0.6 is 0 Å². The standard InChI is InChI=1S/C16H19N3O/c1-12-9-14(11-18-10-12)19-16(20)15(17)8-7-13-5-3-2-4-6-13/h2-6,9-11,15H,7-8,17H2,1H3,(H,19,20). The van der Waals surface area contributed by atoms with Gasteiger partial charge in [0.1, 0.15) is 0 Å². The minimum Gasteiger partial charge on any atom is -0.323 e. The van der Waals surface area contributed by atoms with Crippen molar-refractivity contribution in [3.63, 3.8) is 0 Å². The number of hydrogen-bond acceptors (Lipinski definition) is 3. The maximum Gasteiger partial charge on any atom is 0.241 e. The number of amides is 1. The third-order valence-electron chi connectivity index (χ3n) is 3.07. The van der Waals surface area contributed by atoms with Gasteiger partial charge in [0.05, 0.1) is 17.9 Å². The lowest BCUT2D eigenvalue weighted by Crippen LogP contribution is -2.36. The Morgan fingerprint density at radius 2 is 2.05 bits per heavy atom. The number of carbonyl (C=O) groups is 1. The molecule has 1 aromatic carbocycles. The van der Waals surface area contributed by atoms with Crippen LogP contribution in [0.3, 0.4) is 0 Å². The average molecular weight is 269 g/mol. The quantitative estimate of drug-likeness (QED) is 0.875. The number of anilines is 1. The fourth-order valence-electron chi connectivity index (χ4n) is 1.96. The van der Waals surface area contributed by atoms with Crippen molar-refractivity contribution in [3.05, 3.63) is 59.9 Å². The summed E-state index contributed by atoms with van der Waals surface area (Å²) in [6.45, 7) is 1.93. The number of rotatable bonds is 5. The first kappa shape index (κ1) is 14.2. The zero-order valence-electron chi connectivity index (χ0n) is 11.5.